The zero-order valence-corrected chi connectivity index (χ0v) is 17.0. The first kappa shape index (κ1) is 19.7. The molecule has 0 saturated heterocycles. The van der Waals surface area contributed by atoms with Crippen LogP contribution in [0.2, 0.25) is 5.02 Å². The van der Waals surface area contributed by atoms with Gasteiger partial charge in [-0.25, -0.2) is 0 Å². The van der Waals surface area contributed by atoms with Crippen molar-refractivity contribution in [3.8, 4) is 5.75 Å². The molecule has 0 aliphatic heterocycles. The van der Waals surface area contributed by atoms with Gasteiger partial charge in [0.05, 0.1) is 23.3 Å². The number of halogens is 1. The minimum Gasteiger partial charge on any atom is -0.489 e. The number of hydrogen-bond donors (Lipinski definition) is 1. The number of hydrogen-bond acceptors (Lipinski definition) is 5. The number of para-hydroxylation sites is 1. The molecular weight excluding hydrogens is 404 g/mol. The van der Waals surface area contributed by atoms with Crippen LogP contribution in [0.25, 0.3) is 0 Å². The van der Waals surface area contributed by atoms with E-state index in [4.69, 9.17) is 20.9 Å². The highest BCUT2D eigenvalue weighted by Crippen LogP contribution is 2.19. The summed E-state index contributed by atoms with van der Waals surface area (Å²) >= 11 is 5.89. The molecule has 7 nitrogen and oxygen atoms in total. The van der Waals surface area contributed by atoms with E-state index in [1.807, 2.05) is 54.6 Å². The molecule has 0 atom stereocenters. The van der Waals surface area contributed by atoms with Crippen LogP contribution in [-0.2, 0) is 13.2 Å². The molecule has 1 N–H and O–H groups in total. The first-order valence-corrected chi connectivity index (χ1v) is 9.67. The van der Waals surface area contributed by atoms with Crippen molar-refractivity contribution in [2.75, 3.05) is 5.32 Å². The lowest BCUT2D eigenvalue weighted by atomic mass is 10.1. The van der Waals surface area contributed by atoms with Gasteiger partial charge in [0.1, 0.15) is 18.1 Å². The summed E-state index contributed by atoms with van der Waals surface area (Å²) in [7, 11) is 0. The summed E-state index contributed by atoms with van der Waals surface area (Å²) in [6.07, 6.45) is 3.35. The maximum absolute atomic E-state index is 12.7. The van der Waals surface area contributed by atoms with Gasteiger partial charge in [0.15, 0.2) is 5.69 Å². The zero-order chi connectivity index (χ0) is 20.9. The van der Waals surface area contributed by atoms with Crippen molar-refractivity contribution in [2.45, 2.75) is 20.1 Å². The molecule has 2 aromatic carbocycles. The van der Waals surface area contributed by atoms with Gasteiger partial charge in [-0.2, -0.15) is 5.10 Å². The highest BCUT2D eigenvalue weighted by Gasteiger charge is 2.20. The van der Waals surface area contributed by atoms with Crippen molar-refractivity contribution in [3.05, 3.63) is 94.6 Å². The van der Waals surface area contributed by atoms with E-state index in [0.29, 0.717) is 34.3 Å². The van der Waals surface area contributed by atoms with Gasteiger partial charge >= 0.3 is 0 Å². The van der Waals surface area contributed by atoms with Gasteiger partial charge in [-0.15, -0.1) is 0 Å². The van der Waals surface area contributed by atoms with Gasteiger partial charge < -0.3 is 14.6 Å². The van der Waals surface area contributed by atoms with E-state index >= 15 is 0 Å². The minimum atomic E-state index is -0.356. The van der Waals surface area contributed by atoms with Gasteiger partial charge in [-0.05, 0) is 36.8 Å². The normalized spacial score (nSPS) is 10.7. The molecule has 4 aromatic rings. The summed E-state index contributed by atoms with van der Waals surface area (Å²) < 4.78 is 12.7. The molecule has 2 aromatic heterocycles. The number of nitrogens with zero attached hydrogens (tertiary/aromatic N) is 3. The fourth-order valence-corrected chi connectivity index (χ4v) is 3.06. The molecule has 4 rings (SSSR count). The number of amides is 1. The first-order chi connectivity index (χ1) is 14.6. The van der Waals surface area contributed by atoms with Gasteiger partial charge in [-0.1, -0.05) is 47.1 Å². The number of carbonyl (C=O) groups is 1. The molecule has 30 heavy (non-hydrogen) atoms. The third-order valence-corrected chi connectivity index (χ3v) is 4.68. The molecule has 0 aliphatic carbocycles. The second kappa shape index (κ2) is 8.84. The standard InChI is InChI=1S/C22H19ClN4O3/c1-15-20(14-29-19-5-3-2-4-6-19)21(26-30-15)22(28)25-18-9-7-16(8-10-18)12-27-13-17(23)11-24-27/h2-11,13H,12,14H2,1H3,(H,25,28). The molecule has 0 spiro atoms. The average molecular weight is 423 g/mol. The molecule has 0 bridgehead atoms. The molecule has 0 aliphatic rings. The lowest BCUT2D eigenvalue weighted by Crippen LogP contribution is -2.15. The zero-order valence-electron chi connectivity index (χ0n) is 16.2. The summed E-state index contributed by atoms with van der Waals surface area (Å²) in [5, 5.41) is 11.5. The van der Waals surface area contributed by atoms with Crippen LogP contribution < -0.4 is 10.1 Å². The second-order valence-electron chi connectivity index (χ2n) is 6.67. The predicted octanol–water partition coefficient (Wildman–Crippen LogP) is 4.71. The third-order valence-electron chi connectivity index (χ3n) is 4.48. The Morgan fingerprint density at radius 2 is 1.93 bits per heavy atom. The Hall–Kier alpha value is -3.58. The van der Waals surface area contributed by atoms with Crippen molar-refractivity contribution in [3.63, 3.8) is 0 Å². The minimum absolute atomic E-state index is 0.188. The van der Waals surface area contributed by atoms with E-state index in [2.05, 4.69) is 15.6 Å². The molecule has 0 fully saturated rings. The van der Waals surface area contributed by atoms with Gasteiger partial charge in [0.25, 0.3) is 5.91 Å². The van der Waals surface area contributed by atoms with Gasteiger partial charge in [0.2, 0.25) is 0 Å². The van der Waals surface area contributed by atoms with Crippen LogP contribution in [-0.4, -0.2) is 20.8 Å². The number of anilines is 1. The molecule has 8 heteroatoms. The second-order valence-corrected chi connectivity index (χ2v) is 7.11. The van der Waals surface area contributed by atoms with E-state index in [9.17, 15) is 4.79 Å². The van der Waals surface area contributed by atoms with Gasteiger partial charge in [0, 0.05) is 11.9 Å². The van der Waals surface area contributed by atoms with Crippen LogP contribution in [0.3, 0.4) is 0 Å². The van der Waals surface area contributed by atoms with E-state index < -0.39 is 0 Å². The predicted molar refractivity (Wildman–Crippen MR) is 113 cm³/mol. The van der Waals surface area contributed by atoms with E-state index in [-0.39, 0.29) is 18.2 Å². The maximum Gasteiger partial charge on any atom is 0.278 e. The average Bonchev–Trinajstić information content (AvgIpc) is 3.33. The summed E-state index contributed by atoms with van der Waals surface area (Å²) in [5.41, 5.74) is 2.50. The molecule has 0 radical (unpaired) electrons. The first-order valence-electron chi connectivity index (χ1n) is 9.30. The maximum atomic E-state index is 12.7. The topological polar surface area (TPSA) is 82.2 Å². The molecule has 0 saturated carbocycles. The van der Waals surface area contributed by atoms with Gasteiger partial charge in [-0.3, -0.25) is 9.48 Å². The van der Waals surface area contributed by atoms with E-state index in [0.717, 1.165) is 5.56 Å². The number of nitrogens with one attached hydrogen (secondary N) is 1. The molecule has 152 valence electrons. The monoisotopic (exact) mass is 422 g/mol. The summed E-state index contributed by atoms with van der Waals surface area (Å²) in [6.45, 7) is 2.53. The van der Waals surface area contributed by atoms with Crippen LogP contribution in [0.4, 0.5) is 5.69 Å². The van der Waals surface area contributed by atoms with Crippen molar-refractivity contribution in [1.82, 2.24) is 14.9 Å². The number of rotatable bonds is 7. The number of ether oxygens (including phenoxy) is 1. The van der Waals surface area contributed by atoms with Crippen molar-refractivity contribution in [2.24, 2.45) is 0 Å². The van der Waals surface area contributed by atoms with Crippen molar-refractivity contribution < 1.29 is 14.1 Å². The smallest absolute Gasteiger partial charge is 0.278 e. The highest BCUT2D eigenvalue weighted by molar-refractivity contribution is 6.30. The Morgan fingerprint density at radius 1 is 1.17 bits per heavy atom. The number of aromatic nitrogens is 3. The molecule has 0 unspecified atom stereocenters. The number of aryl methyl sites for hydroxylation is 1. The number of benzene rings is 2. The largest absolute Gasteiger partial charge is 0.489 e. The molecular formula is C22H19ClN4O3. The molecule has 1 amide bonds. The van der Waals surface area contributed by atoms with E-state index in [1.54, 1.807) is 24.0 Å². The van der Waals surface area contributed by atoms with Crippen LogP contribution in [0.5, 0.6) is 5.75 Å². The summed E-state index contributed by atoms with van der Waals surface area (Å²) in [6, 6.07) is 16.9. The van der Waals surface area contributed by atoms with Crippen LogP contribution in [0.1, 0.15) is 27.4 Å². The van der Waals surface area contributed by atoms with Crippen LogP contribution in [0, 0.1) is 6.92 Å². The fourth-order valence-electron chi connectivity index (χ4n) is 2.91. The Labute approximate surface area is 178 Å². The SMILES string of the molecule is Cc1onc(C(=O)Nc2ccc(Cn3cc(Cl)cn3)cc2)c1COc1ccccc1. The van der Waals surface area contributed by atoms with Crippen molar-refractivity contribution in [1.29, 1.82) is 0 Å². The Kier molecular flexibility index (Phi) is 5.81. The summed E-state index contributed by atoms with van der Waals surface area (Å²) in [5.74, 6) is 0.896. The van der Waals surface area contributed by atoms with Crippen LogP contribution >= 0.6 is 11.6 Å². The fraction of sp³-hybridized carbons (Fsp3) is 0.136. The third kappa shape index (κ3) is 4.69. The van der Waals surface area contributed by atoms with Crippen molar-refractivity contribution >= 4 is 23.2 Å². The molecule has 2 heterocycles. The Bertz CT molecular complexity index is 1140. The Balaban J connectivity index is 1.41. The quantitative estimate of drug-likeness (QED) is 0.466. The van der Waals surface area contributed by atoms with Crippen LogP contribution in [0.15, 0.2) is 71.5 Å². The lowest BCUT2D eigenvalue weighted by molar-refractivity contribution is 0.101. The summed E-state index contributed by atoms with van der Waals surface area (Å²) in [4.78, 5) is 12.7. The Morgan fingerprint density at radius 3 is 2.63 bits per heavy atom. The van der Waals surface area contributed by atoms with E-state index in [1.165, 1.54) is 0 Å². The lowest BCUT2D eigenvalue weighted by Gasteiger charge is -2.08. The highest BCUT2D eigenvalue weighted by atomic mass is 35.5. The number of carbonyl (C=O) groups excluding carboxylic acids is 1.